The number of pyridine rings is 2. The van der Waals surface area contributed by atoms with Crippen molar-refractivity contribution in [3.05, 3.63) is 66.7 Å². The summed E-state index contributed by atoms with van der Waals surface area (Å²) in [6, 6.07) is 13.9. The molecular formula is C25H25FN4O2. The van der Waals surface area contributed by atoms with Gasteiger partial charge in [0, 0.05) is 29.8 Å². The summed E-state index contributed by atoms with van der Waals surface area (Å²) in [4.78, 5) is 17.2. The molecule has 164 valence electrons. The van der Waals surface area contributed by atoms with Crippen molar-refractivity contribution in [2.45, 2.75) is 32.8 Å². The van der Waals surface area contributed by atoms with Crippen molar-refractivity contribution < 1.29 is 13.9 Å². The molecule has 1 aliphatic rings. The highest BCUT2D eigenvalue weighted by Gasteiger charge is 2.38. The Hall–Kier alpha value is -3.48. The zero-order chi connectivity index (χ0) is 22.2. The smallest absolute Gasteiger partial charge is 0.228 e. The molecule has 1 amide bonds. The molecule has 1 aliphatic carbocycles. The fraction of sp³-hybridized carbons (Fsp3) is 0.320. The van der Waals surface area contributed by atoms with E-state index in [1.807, 2.05) is 37.4 Å². The van der Waals surface area contributed by atoms with E-state index in [-0.39, 0.29) is 29.7 Å². The monoisotopic (exact) mass is 432 g/mol. The largest absolute Gasteiger partial charge is 0.490 e. The average Bonchev–Trinajstić information content (AvgIpc) is 3.35. The first-order valence-electron chi connectivity index (χ1n) is 10.9. The van der Waals surface area contributed by atoms with Crippen LogP contribution in [0.2, 0.25) is 0 Å². The number of anilines is 1. The van der Waals surface area contributed by atoms with Crippen LogP contribution in [0.3, 0.4) is 0 Å². The molecule has 1 saturated carbocycles. The van der Waals surface area contributed by atoms with E-state index in [4.69, 9.17) is 4.74 Å². The molecule has 0 spiro atoms. The number of fused-ring (bicyclic) bond motifs is 2. The fourth-order valence-corrected chi connectivity index (χ4v) is 4.82. The van der Waals surface area contributed by atoms with Crippen molar-refractivity contribution in [1.29, 1.82) is 0 Å². The maximum Gasteiger partial charge on any atom is 0.228 e. The zero-order valence-electron chi connectivity index (χ0n) is 18.0. The molecule has 0 aliphatic heterocycles. The lowest BCUT2D eigenvalue weighted by Gasteiger charge is -2.22. The highest BCUT2D eigenvalue weighted by atomic mass is 19.1. The fourth-order valence-electron chi connectivity index (χ4n) is 4.82. The first-order chi connectivity index (χ1) is 15.5. The van der Waals surface area contributed by atoms with Crippen LogP contribution in [0.25, 0.3) is 16.4 Å². The van der Waals surface area contributed by atoms with E-state index in [0.717, 1.165) is 18.4 Å². The van der Waals surface area contributed by atoms with E-state index in [2.05, 4.69) is 22.3 Å². The zero-order valence-corrected chi connectivity index (χ0v) is 18.0. The Morgan fingerprint density at radius 1 is 1.22 bits per heavy atom. The summed E-state index contributed by atoms with van der Waals surface area (Å²) >= 11 is 0. The maximum absolute atomic E-state index is 13.8. The second kappa shape index (κ2) is 8.22. The molecule has 4 aromatic rings. The first kappa shape index (κ1) is 20.4. The lowest BCUT2D eigenvalue weighted by Crippen LogP contribution is -2.29. The van der Waals surface area contributed by atoms with Gasteiger partial charge in [-0.3, -0.25) is 9.78 Å². The lowest BCUT2D eigenvalue weighted by atomic mass is 9.85. The van der Waals surface area contributed by atoms with Crippen LogP contribution in [0.15, 0.2) is 60.9 Å². The van der Waals surface area contributed by atoms with Gasteiger partial charge in [-0.1, -0.05) is 19.9 Å². The second-order valence-electron chi connectivity index (χ2n) is 8.70. The molecule has 32 heavy (non-hydrogen) atoms. The summed E-state index contributed by atoms with van der Waals surface area (Å²) in [6.07, 6.45) is 5.10. The minimum absolute atomic E-state index is 0.0330. The van der Waals surface area contributed by atoms with E-state index in [1.165, 1.54) is 12.1 Å². The number of nitrogens with zero attached hydrogens (tertiary/aromatic N) is 3. The van der Waals surface area contributed by atoms with Gasteiger partial charge in [0.1, 0.15) is 11.6 Å². The van der Waals surface area contributed by atoms with Gasteiger partial charge in [0.25, 0.3) is 0 Å². The highest BCUT2D eigenvalue weighted by molar-refractivity contribution is 5.92. The Kier molecular flexibility index (Phi) is 5.25. The van der Waals surface area contributed by atoms with Gasteiger partial charge >= 0.3 is 0 Å². The van der Waals surface area contributed by atoms with Crippen molar-refractivity contribution in [3.8, 4) is 5.75 Å². The summed E-state index contributed by atoms with van der Waals surface area (Å²) in [5, 5.41) is 8.04. The molecule has 3 heterocycles. The average molecular weight is 432 g/mol. The van der Waals surface area contributed by atoms with E-state index in [9.17, 15) is 9.18 Å². The van der Waals surface area contributed by atoms with Crippen molar-refractivity contribution in [3.63, 3.8) is 0 Å². The molecule has 1 aromatic carbocycles. The summed E-state index contributed by atoms with van der Waals surface area (Å²) < 4.78 is 21.8. The molecule has 0 saturated heterocycles. The van der Waals surface area contributed by atoms with Crippen molar-refractivity contribution in [2.24, 2.45) is 17.8 Å². The van der Waals surface area contributed by atoms with Crippen LogP contribution in [0.5, 0.6) is 5.75 Å². The van der Waals surface area contributed by atoms with Crippen molar-refractivity contribution >= 4 is 28.1 Å². The molecule has 1 fully saturated rings. The number of rotatable bonds is 5. The Morgan fingerprint density at radius 2 is 2.09 bits per heavy atom. The number of nitrogens with one attached hydrogen (secondary N) is 1. The van der Waals surface area contributed by atoms with Crippen molar-refractivity contribution in [2.75, 3.05) is 5.32 Å². The molecule has 4 atom stereocenters. The van der Waals surface area contributed by atoms with Crippen LogP contribution in [0.1, 0.15) is 26.7 Å². The first-order valence-corrected chi connectivity index (χ1v) is 10.9. The van der Waals surface area contributed by atoms with Crippen molar-refractivity contribution in [1.82, 2.24) is 14.6 Å². The van der Waals surface area contributed by atoms with E-state index >= 15 is 0 Å². The number of benzene rings is 1. The van der Waals surface area contributed by atoms with Gasteiger partial charge in [-0.2, -0.15) is 5.10 Å². The van der Waals surface area contributed by atoms with Crippen LogP contribution >= 0.6 is 0 Å². The van der Waals surface area contributed by atoms with Crippen LogP contribution in [0.4, 0.5) is 10.2 Å². The molecule has 0 radical (unpaired) electrons. The third-order valence-electron chi connectivity index (χ3n) is 6.53. The highest BCUT2D eigenvalue weighted by Crippen LogP contribution is 2.40. The predicted molar refractivity (Wildman–Crippen MR) is 121 cm³/mol. The SMILES string of the molecule is CC1CC(Oc2ccnc3ccc(F)cc23)CC1C(C)C(=O)Nc1cc2ccccn2n1. The second-order valence-corrected chi connectivity index (χ2v) is 8.70. The topological polar surface area (TPSA) is 68.5 Å². The van der Waals surface area contributed by atoms with Crippen LogP contribution in [-0.4, -0.2) is 26.6 Å². The number of amides is 1. The number of hydrogen-bond acceptors (Lipinski definition) is 4. The van der Waals surface area contributed by atoms with Crippen LogP contribution < -0.4 is 10.1 Å². The Labute approximate surface area is 185 Å². The van der Waals surface area contributed by atoms with Gasteiger partial charge in [-0.15, -0.1) is 0 Å². The van der Waals surface area contributed by atoms with E-state index < -0.39 is 0 Å². The van der Waals surface area contributed by atoms with Crippen LogP contribution in [0, 0.1) is 23.6 Å². The van der Waals surface area contributed by atoms with Gasteiger partial charge in [0.2, 0.25) is 5.91 Å². The molecule has 3 aromatic heterocycles. The number of hydrogen-bond donors (Lipinski definition) is 1. The molecule has 7 heteroatoms. The number of carbonyl (C=O) groups excluding carboxylic acids is 1. The normalized spacial score (nSPS) is 21.7. The summed E-state index contributed by atoms with van der Waals surface area (Å²) in [5.74, 6) is 1.15. The molecule has 0 bridgehead atoms. The molecule has 4 unspecified atom stereocenters. The molecule has 5 rings (SSSR count). The lowest BCUT2D eigenvalue weighted by molar-refractivity contribution is -0.121. The Balaban J connectivity index is 1.27. The van der Waals surface area contributed by atoms with Gasteiger partial charge in [-0.25, -0.2) is 8.91 Å². The number of ether oxygens (including phenoxy) is 1. The van der Waals surface area contributed by atoms with E-state index in [0.29, 0.717) is 28.4 Å². The minimum Gasteiger partial charge on any atom is -0.490 e. The predicted octanol–water partition coefficient (Wildman–Crippen LogP) is 5.09. The Morgan fingerprint density at radius 3 is 2.94 bits per heavy atom. The molecular weight excluding hydrogens is 407 g/mol. The Bertz CT molecular complexity index is 1250. The number of aromatic nitrogens is 3. The van der Waals surface area contributed by atoms with Gasteiger partial charge in [0.15, 0.2) is 5.82 Å². The van der Waals surface area contributed by atoms with Gasteiger partial charge in [0.05, 0.1) is 17.1 Å². The van der Waals surface area contributed by atoms with Gasteiger partial charge in [-0.05, 0) is 61.1 Å². The number of halogens is 1. The summed E-state index contributed by atoms with van der Waals surface area (Å²) in [6.45, 7) is 4.12. The maximum atomic E-state index is 13.8. The molecule has 1 N–H and O–H groups in total. The summed E-state index contributed by atoms with van der Waals surface area (Å²) in [7, 11) is 0. The third kappa shape index (κ3) is 3.90. The quantitative estimate of drug-likeness (QED) is 0.477. The minimum atomic E-state index is -0.315. The van der Waals surface area contributed by atoms with E-state index in [1.54, 1.807) is 22.8 Å². The standard InChI is InChI=1S/C25H25FN4O2/c1-15-11-19(32-23-8-9-27-22-7-6-17(26)12-21(22)23)14-20(15)16(2)25(31)28-24-13-18-5-3-4-10-30(18)29-24/h3-10,12-13,15-16,19-20H,11,14H2,1-2H3,(H,28,29,31). The summed E-state index contributed by atoms with van der Waals surface area (Å²) in [5.41, 5.74) is 1.63. The number of carbonyl (C=O) groups is 1. The van der Waals surface area contributed by atoms with Gasteiger partial charge < -0.3 is 10.1 Å². The van der Waals surface area contributed by atoms with Crippen LogP contribution in [-0.2, 0) is 4.79 Å². The third-order valence-corrected chi connectivity index (χ3v) is 6.53. The molecule has 6 nitrogen and oxygen atoms in total.